The third-order valence-electron chi connectivity index (χ3n) is 5.38. The van der Waals surface area contributed by atoms with Crippen LogP contribution in [0, 0.1) is 0 Å². The van der Waals surface area contributed by atoms with Crippen LogP contribution in [-0.4, -0.2) is 37.9 Å². The molecule has 158 valence electrons. The molecule has 1 atom stereocenters. The van der Waals surface area contributed by atoms with E-state index in [1.807, 2.05) is 23.1 Å². The van der Waals surface area contributed by atoms with E-state index in [1.54, 1.807) is 6.07 Å². The Morgan fingerprint density at radius 3 is 2.67 bits per heavy atom. The summed E-state index contributed by atoms with van der Waals surface area (Å²) >= 11 is 7.32. The van der Waals surface area contributed by atoms with Crippen LogP contribution in [0.15, 0.2) is 24.3 Å². The van der Waals surface area contributed by atoms with Crippen molar-refractivity contribution in [2.75, 3.05) is 30.4 Å². The van der Waals surface area contributed by atoms with Gasteiger partial charge in [0.1, 0.15) is 6.10 Å². The smallest absolute Gasteiger partial charge is 0.313 e. The molecule has 2 N–H and O–H groups in total. The van der Waals surface area contributed by atoms with Crippen LogP contribution in [0.4, 0.5) is 11.4 Å². The molecule has 3 amide bonds. The molecule has 2 aromatic rings. The Morgan fingerprint density at radius 2 is 1.97 bits per heavy atom. The van der Waals surface area contributed by atoms with E-state index >= 15 is 0 Å². The molecule has 1 aromatic heterocycles. The van der Waals surface area contributed by atoms with Crippen molar-refractivity contribution >= 4 is 52.0 Å². The number of nitrogens with one attached hydrogen (secondary N) is 2. The van der Waals surface area contributed by atoms with Crippen molar-refractivity contribution in [1.29, 1.82) is 0 Å². The van der Waals surface area contributed by atoms with Gasteiger partial charge < -0.3 is 20.3 Å². The van der Waals surface area contributed by atoms with Crippen molar-refractivity contribution in [2.24, 2.45) is 0 Å². The van der Waals surface area contributed by atoms with Crippen LogP contribution < -0.4 is 15.5 Å². The number of hydrogen-bond donors (Lipinski definition) is 2. The lowest BCUT2D eigenvalue weighted by atomic mass is 9.91. The maximum absolute atomic E-state index is 12.4. The molecule has 0 bridgehead atoms. The van der Waals surface area contributed by atoms with Crippen LogP contribution >= 0.6 is 22.9 Å². The Morgan fingerprint density at radius 1 is 1.20 bits per heavy atom. The second-order valence-electron chi connectivity index (χ2n) is 7.32. The van der Waals surface area contributed by atoms with Gasteiger partial charge in [-0.2, -0.15) is 0 Å². The summed E-state index contributed by atoms with van der Waals surface area (Å²) in [7, 11) is 1.54. The summed E-state index contributed by atoms with van der Waals surface area (Å²) in [4.78, 5) is 39.6. The molecular formula is C21H22ClN3O4S. The topological polar surface area (TPSA) is 87.7 Å². The molecule has 1 aromatic carbocycles. The molecule has 30 heavy (non-hydrogen) atoms. The van der Waals surface area contributed by atoms with Gasteiger partial charge in [-0.25, -0.2) is 0 Å². The van der Waals surface area contributed by atoms with Gasteiger partial charge >= 0.3 is 11.8 Å². The summed E-state index contributed by atoms with van der Waals surface area (Å²) in [5.41, 5.74) is 3.64. The second kappa shape index (κ2) is 8.75. The quantitative estimate of drug-likeness (QED) is 0.689. The van der Waals surface area contributed by atoms with Crippen molar-refractivity contribution in [1.82, 2.24) is 5.32 Å². The number of halogens is 1. The molecule has 0 fully saturated rings. The van der Waals surface area contributed by atoms with Gasteiger partial charge in [0.25, 0.3) is 0 Å². The number of anilines is 2. The predicted octanol–water partition coefficient (Wildman–Crippen LogP) is 3.07. The highest BCUT2D eigenvalue weighted by atomic mass is 35.5. The highest BCUT2D eigenvalue weighted by Crippen LogP contribution is 2.37. The van der Waals surface area contributed by atoms with Gasteiger partial charge in [0.2, 0.25) is 5.91 Å². The number of ether oxygens (including phenoxy) is 1. The van der Waals surface area contributed by atoms with Crippen LogP contribution in [0.5, 0.6) is 0 Å². The summed E-state index contributed by atoms with van der Waals surface area (Å²) in [5, 5.41) is 5.30. The summed E-state index contributed by atoms with van der Waals surface area (Å²) in [5.74, 6) is -1.32. The predicted molar refractivity (Wildman–Crippen MR) is 116 cm³/mol. The summed E-state index contributed by atoms with van der Waals surface area (Å²) < 4.78 is 6.02. The van der Waals surface area contributed by atoms with Crippen molar-refractivity contribution < 1.29 is 19.1 Å². The standard InChI is InChI=1S/C21H22ClN3O4S/c1-29-15(16-5-6-17(22)30-16)11-23-20(27)21(28)24-14-9-12-3-2-8-25-18(26)7-4-13(10-14)19(12)25/h5-6,9-10,15H,2-4,7-8,11H2,1H3,(H,23,27)(H,24,28)/t15-/m0/s1. The van der Waals surface area contributed by atoms with Gasteiger partial charge in [-0.15, -0.1) is 11.3 Å². The van der Waals surface area contributed by atoms with E-state index in [0.717, 1.165) is 41.1 Å². The molecule has 3 heterocycles. The zero-order chi connectivity index (χ0) is 21.3. The van der Waals surface area contributed by atoms with Gasteiger partial charge in [0.15, 0.2) is 0 Å². The average molecular weight is 448 g/mol. The largest absolute Gasteiger partial charge is 0.374 e. The number of carbonyl (C=O) groups excluding carboxylic acids is 3. The molecule has 4 rings (SSSR count). The van der Waals surface area contributed by atoms with Gasteiger partial charge in [0, 0.05) is 37.2 Å². The number of rotatable bonds is 5. The number of benzene rings is 1. The maximum atomic E-state index is 12.4. The lowest BCUT2D eigenvalue weighted by molar-refractivity contribution is -0.136. The number of nitrogens with zero attached hydrogens (tertiary/aromatic N) is 1. The minimum atomic E-state index is -0.735. The maximum Gasteiger partial charge on any atom is 0.313 e. The fourth-order valence-electron chi connectivity index (χ4n) is 3.98. The molecule has 2 aliphatic heterocycles. The van der Waals surface area contributed by atoms with E-state index in [9.17, 15) is 14.4 Å². The van der Waals surface area contributed by atoms with E-state index in [1.165, 1.54) is 18.4 Å². The second-order valence-corrected chi connectivity index (χ2v) is 9.07. The third kappa shape index (κ3) is 4.21. The lowest BCUT2D eigenvalue weighted by Gasteiger charge is -2.35. The van der Waals surface area contributed by atoms with Crippen molar-refractivity contribution in [2.45, 2.75) is 31.8 Å². The SMILES string of the molecule is CO[C@@H](CNC(=O)C(=O)Nc1cc2c3c(c1)CCC(=O)N3CCC2)c1ccc(Cl)s1. The van der Waals surface area contributed by atoms with Crippen molar-refractivity contribution in [3.8, 4) is 0 Å². The summed E-state index contributed by atoms with van der Waals surface area (Å²) in [6.07, 6.45) is 2.47. The molecule has 0 radical (unpaired) electrons. The molecule has 0 unspecified atom stereocenters. The molecule has 9 heteroatoms. The molecular weight excluding hydrogens is 426 g/mol. The number of thiophene rings is 1. The van der Waals surface area contributed by atoms with Crippen LogP contribution in [0.2, 0.25) is 4.34 Å². The minimum Gasteiger partial charge on any atom is -0.374 e. The zero-order valence-electron chi connectivity index (χ0n) is 16.5. The highest BCUT2D eigenvalue weighted by Gasteiger charge is 2.30. The van der Waals surface area contributed by atoms with Crippen molar-refractivity contribution in [3.63, 3.8) is 0 Å². The Kier molecular flexibility index (Phi) is 6.08. The third-order valence-corrected chi connectivity index (χ3v) is 6.71. The first kappa shape index (κ1) is 20.8. The van der Waals surface area contributed by atoms with Crippen LogP contribution in [-0.2, 0) is 32.0 Å². The highest BCUT2D eigenvalue weighted by molar-refractivity contribution is 7.16. The Labute approximate surface area is 183 Å². The van der Waals surface area contributed by atoms with E-state index < -0.39 is 11.8 Å². The normalized spacial score (nSPS) is 16.1. The molecule has 7 nitrogen and oxygen atoms in total. The molecule has 2 aliphatic rings. The fraction of sp³-hybridized carbons (Fsp3) is 0.381. The number of carbonyl (C=O) groups is 3. The van der Waals surface area contributed by atoms with Gasteiger partial charge in [-0.1, -0.05) is 11.6 Å². The zero-order valence-corrected chi connectivity index (χ0v) is 18.1. The summed E-state index contributed by atoms with van der Waals surface area (Å²) in [6, 6.07) is 7.32. The van der Waals surface area contributed by atoms with E-state index in [-0.39, 0.29) is 18.6 Å². The number of aryl methyl sites for hydroxylation is 2. The van der Waals surface area contributed by atoms with E-state index in [2.05, 4.69) is 10.6 Å². The molecule has 0 spiro atoms. The molecule has 0 saturated carbocycles. The van der Waals surface area contributed by atoms with Gasteiger partial charge in [-0.05, 0) is 54.7 Å². The van der Waals surface area contributed by atoms with E-state index in [0.29, 0.717) is 22.9 Å². The minimum absolute atomic E-state index is 0.152. The van der Waals surface area contributed by atoms with Crippen LogP contribution in [0.3, 0.4) is 0 Å². The van der Waals surface area contributed by atoms with Gasteiger partial charge in [-0.3, -0.25) is 14.4 Å². The Hall–Kier alpha value is -2.42. The number of hydrogen-bond acceptors (Lipinski definition) is 5. The first-order chi connectivity index (χ1) is 14.5. The van der Waals surface area contributed by atoms with Crippen molar-refractivity contribution in [3.05, 3.63) is 44.6 Å². The average Bonchev–Trinajstić information content (AvgIpc) is 3.17. The van der Waals surface area contributed by atoms with Crippen LogP contribution in [0.1, 0.15) is 34.9 Å². The molecule has 0 aliphatic carbocycles. The monoisotopic (exact) mass is 447 g/mol. The lowest BCUT2D eigenvalue weighted by Crippen LogP contribution is -2.39. The summed E-state index contributed by atoms with van der Waals surface area (Å²) in [6.45, 7) is 0.898. The first-order valence-electron chi connectivity index (χ1n) is 9.79. The first-order valence-corrected chi connectivity index (χ1v) is 11.0. The number of amides is 3. The fourth-order valence-corrected chi connectivity index (χ4v) is 5.12. The van der Waals surface area contributed by atoms with E-state index in [4.69, 9.17) is 16.3 Å². The Bertz CT molecular complexity index is 989. The van der Waals surface area contributed by atoms with Crippen LogP contribution in [0.25, 0.3) is 0 Å². The Balaban J connectivity index is 1.41. The molecule has 0 saturated heterocycles. The number of methoxy groups -OCH3 is 1. The van der Waals surface area contributed by atoms with Gasteiger partial charge in [0.05, 0.1) is 10.0 Å².